The second kappa shape index (κ2) is 20.4. The normalized spacial score (nSPS) is 15.3. The van der Waals surface area contributed by atoms with Crippen LogP contribution in [0.3, 0.4) is 0 Å². The highest BCUT2D eigenvalue weighted by molar-refractivity contribution is 6.07. The van der Waals surface area contributed by atoms with Crippen LogP contribution in [0.2, 0.25) is 0 Å². The zero-order chi connectivity index (χ0) is 47.0. The van der Waals surface area contributed by atoms with Gasteiger partial charge in [0.25, 0.3) is 0 Å². The predicted molar refractivity (Wildman–Crippen MR) is 274 cm³/mol. The fraction of sp³-hybridized carbons (Fsp3) is 0.186. The second-order valence-corrected chi connectivity index (χ2v) is 15.9. The van der Waals surface area contributed by atoms with Gasteiger partial charge < -0.3 is 30.4 Å². The van der Waals surface area contributed by atoms with Crippen molar-refractivity contribution in [2.24, 2.45) is 5.92 Å². The molecule has 1 aliphatic rings. The lowest BCUT2D eigenvalue weighted by Crippen LogP contribution is -2.30. The van der Waals surface area contributed by atoms with Crippen molar-refractivity contribution in [3.05, 3.63) is 198 Å². The Morgan fingerprint density at radius 3 is 1.98 bits per heavy atom. The summed E-state index contributed by atoms with van der Waals surface area (Å²) in [6, 6.07) is 29.5. The number of allylic oxidation sites excluding steroid dienone is 13. The van der Waals surface area contributed by atoms with Gasteiger partial charge in [-0.2, -0.15) is 0 Å². The molecule has 0 bridgehead atoms. The Balaban J connectivity index is 0.00000345. The molecule has 0 spiro atoms. The SMILES string of the molecule is C=C/C=C\C=C\C1([C@@H](C)/C=C\C=C/C)c2ccccc2-c2ccc(N(c3cccc(C(/C=C\C)=C/CC)c3)c3c(O)c(O)c(-c4c(O)c(C)c(C)c5ccccc45)c(O)c3O)cc21.CC. The number of nitrogens with zero attached hydrogens (tertiary/aromatic N) is 1. The largest absolute Gasteiger partial charge is 0.507 e. The zero-order valence-electron chi connectivity index (χ0n) is 38.8. The van der Waals surface area contributed by atoms with Crippen LogP contribution in [0, 0.1) is 19.8 Å². The van der Waals surface area contributed by atoms with Crippen LogP contribution in [0.5, 0.6) is 28.7 Å². The van der Waals surface area contributed by atoms with E-state index in [4.69, 9.17) is 0 Å². The summed E-state index contributed by atoms with van der Waals surface area (Å²) in [5.41, 5.74) is 7.42. The standard InChI is InChI=1S/C57H55NO5.C2H6/c1-8-12-14-20-33-57(36(5)24-15-13-9-2)47-30-19-18-28-44(47)45-32-31-42(35-48(45)57)58(41-26-21-25-40(34-41)39(22-10-3)23-11-4)51-55(62)53(60)50(54(61)56(51)63)49-46-29-17-16-27-43(46)37(6)38(7)52(49)59;1-2/h8-10,12-36,59-63H,1,11H2,2-7H3;1-2H3/b13-9-,14-12-,22-10-,24-15-,33-20+,39-23+;/t36-,57?;/m0./s1. The molecule has 332 valence electrons. The predicted octanol–water partition coefficient (Wildman–Crippen LogP) is 15.9. The van der Waals surface area contributed by atoms with Gasteiger partial charge in [0.2, 0.25) is 0 Å². The number of fused-ring (bicyclic) bond motifs is 4. The van der Waals surface area contributed by atoms with E-state index in [1.165, 1.54) is 0 Å². The first-order valence-electron chi connectivity index (χ1n) is 22.4. The van der Waals surface area contributed by atoms with E-state index in [1.807, 2.05) is 126 Å². The van der Waals surface area contributed by atoms with E-state index in [1.54, 1.807) is 30.0 Å². The van der Waals surface area contributed by atoms with Crippen LogP contribution in [-0.4, -0.2) is 25.5 Å². The number of hydrogen-bond acceptors (Lipinski definition) is 6. The van der Waals surface area contributed by atoms with Crippen LogP contribution in [0.4, 0.5) is 17.1 Å². The Bertz CT molecular complexity index is 2900. The van der Waals surface area contributed by atoms with Gasteiger partial charge in [-0.3, -0.25) is 0 Å². The lowest BCUT2D eigenvalue weighted by Gasteiger charge is -2.35. The molecule has 7 rings (SSSR count). The molecule has 0 saturated carbocycles. The lowest BCUT2D eigenvalue weighted by molar-refractivity contribution is 0.377. The van der Waals surface area contributed by atoms with Crippen molar-refractivity contribution in [2.45, 2.75) is 67.2 Å². The van der Waals surface area contributed by atoms with Gasteiger partial charge in [0.1, 0.15) is 11.4 Å². The topological polar surface area (TPSA) is 104 Å². The summed E-state index contributed by atoms with van der Waals surface area (Å²) in [7, 11) is 0. The fourth-order valence-corrected chi connectivity index (χ4v) is 9.16. The van der Waals surface area contributed by atoms with Crippen molar-refractivity contribution in [1.82, 2.24) is 0 Å². The van der Waals surface area contributed by atoms with E-state index in [0.29, 0.717) is 22.3 Å². The molecule has 0 heterocycles. The maximum atomic E-state index is 12.4. The summed E-state index contributed by atoms with van der Waals surface area (Å²) in [4.78, 5) is 1.67. The molecule has 0 radical (unpaired) electrons. The first-order valence-corrected chi connectivity index (χ1v) is 22.4. The average Bonchev–Trinajstić information content (AvgIpc) is 3.61. The van der Waals surface area contributed by atoms with Crippen LogP contribution in [0.15, 0.2) is 170 Å². The zero-order valence-corrected chi connectivity index (χ0v) is 38.8. The number of aryl methyl sites for hydroxylation is 1. The average molecular weight is 864 g/mol. The highest BCUT2D eigenvalue weighted by Gasteiger charge is 2.45. The molecule has 0 amide bonds. The summed E-state index contributed by atoms with van der Waals surface area (Å²) in [6.07, 6.45) is 25.1. The fourth-order valence-electron chi connectivity index (χ4n) is 9.16. The molecule has 6 heteroatoms. The molecule has 1 unspecified atom stereocenters. The Kier molecular flexibility index (Phi) is 14.8. The summed E-state index contributed by atoms with van der Waals surface area (Å²) < 4.78 is 0. The Morgan fingerprint density at radius 1 is 0.646 bits per heavy atom. The quantitative estimate of drug-likeness (QED) is 0.0450. The summed E-state index contributed by atoms with van der Waals surface area (Å²) in [6.45, 7) is 19.7. The molecule has 0 aromatic heterocycles. The number of aromatic hydroxyl groups is 5. The molecule has 0 fully saturated rings. The van der Waals surface area contributed by atoms with Gasteiger partial charge in [-0.1, -0.05) is 174 Å². The maximum absolute atomic E-state index is 12.4. The smallest absolute Gasteiger partial charge is 0.186 e. The number of rotatable bonds is 13. The van der Waals surface area contributed by atoms with Crippen molar-refractivity contribution in [1.29, 1.82) is 0 Å². The molecular weight excluding hydrogens is 803 g/mol. The third kappa shape index (κ3) is 8.40. The maximum Gasteiger partial charge on any atom is 0.186 e. The van der Waals surface area contributed by atoms with Gasteiger partial charge in [0.05, 0.1) is 5.56 Å². The Hall–Kier alpha value is -7.44. The number of benzene rings is 6. The molecule has 65 heavy (non-hydrogen) atoms. The van der Waals surface area contributed by atoms with Crippen molar-refractivity contribution in [2.75, 3.05) is 4.90 Å². The van der Waals surface area contributed by atoms with Crippen LogP contribution in [-0.2, 0) is 5.41 Å². The summed E-state index contributed by atoms with van der Waals surface area (Å²) in [5.74, 6) is -3.01. The lowest BCUT2D eigenvalue weighted by atomic mass is 9.68. The van der Waals surface area contributed by atoms with Crippen LogP contribution in [0.25, 0.3) is 38.6 Å². The van der Waals surface area contributed by atoms with Gasteiger partial charge in [0, 0.05) is 22.4 Å². The van der Waals surface area contributed by atoms with Crippen LogP contribution < -0.4 is 4.90 Å². The third-order valence-electron chi connectivity index (χ3n) is 12.3. The van der Waals surface area contributed by atoms with Gasteiger partial charge in [-0.05, 0) is 120 Å². The van der Waals surface area contributed by atoms with Gasteiger partial charge in [-0.15, -0.1) is 0 Å². The van der Waals surface area contributed by atoms with Crippen molar-refractivity contribution < 1.29 is 25.5 Å². The molecule has 0 saturated heterocycles. The van der Waals surface area contributed by atoms with Gasteiger partial charge in [0.15, 0.2) is 23.0 Å². The van der Waals surface area contributed by atoms with Crippen molar-refractivity contribution in [3.8, 4) is 51.0 Å². The summed E-state index contributed by atoms with van der Waals surface area (Å²) >= 11 is 0. The molecule has 5 N–H and O–H groups in total. The first kappa shape index (κ1) is 47.0. The summed E-state index contributed by atoms with van der Waals surface area (Å²) in [5, 5.41) is 62.1. The minimum atomic E-state index is -0.701. The molecule has 0 aliphatic heterocycles. The van der Waals surface area contributed by atoms with Crippen LogP contribution >= 0.6 is 0 Å². The monoisotopic (exact) mass is 863 g/mol. The minimum Gasteiger partial charge on any atom is -0.507 e. The first-order chi connectivity index (χ1) is 31.5. The van der Waals surface area contributed by atoms with Crippen LogP contribution in [0.1, 0.15) is 75.8 Å². The number of phenolic OH excluding ortho intramolecular Hbond substituents is 5. The van der Waals surface area contributed by atoms with E-state index in [0.717, 1.165) is 50.8 Å². The Morgan fingerprint density at radius 2 is 1.31 bits per heavy atom. The molecule has 1 aliphatic carbocycles. The van der Waals surface area contributed by atoms with E-state index < -0.39 is 28.4 Å². The molecule has 6 nitrogen and oxygen atoms in total. The second-order valence-electron chi connectivity index (χ2n) is 15.9. The van der Waals surface area contributed by atoms with Crippen molar-refractivity contribution in [3.63, 3.8) is 0 Å². The van der Waals surface area contributed by atoms with E-state index in [-0.39, 0.29) is 28.5 Å². The number of hydrogen-bond donors (Lipinski definition) is 5. The van der Waals surface area contributed by atoms with E-state index in [2.05, 4.69) is 75.1 Å². The number of phenols is 5. The van der Waals surface area contributed by atoms with E-state index >= 15 is 0 Å². The molecule has 2 atom stereocenters. The van der Waals surface area contributed by atoms with Gasteiger partial charge in [-0.25, -0.2) is 0 Å². The van der Waals surface area contributed by atoms with Gasteiger partial charge >= 0.3 is 0 Å². The van der Waals surface area contributed by atoms with E-state index in [9.17, 15) is 25.5 Å². The number of anilines is 3. The molecular formula is C59H61NO5. The molecule has 6 aromatic rings. The van der Waals surface area contributed by atoms with Crippen molar-refractivity contribution >= 4 is 33.4 Å². The highest BCUT2D eigenvalue weighted by Crippen LogP contribution is 2.62. The molecule has 6 aromatic carbocycles. The highest BCUT2D eigenvalue weighted by atomic mass is 16.3. The third-order valence-corrected chi connectivity index (χ3v) is 12.3. The minimum absolute atomic E-state index is 0.0614. The Labute approximate surface area is 384 Å².